The number of ether oxygens (including phenoxy) is 2. The molecule has 1 unspecified atom stereocenters. The Balaban J connectivity index is 1.38. The fourth-order valence-electron chi connectivity index (χ4n) is 4.77. The molecule has 10 heteroatoms. The van der Waals surface area contributed by atoms with E-state index in [0.29, 0.717) is 50.6 Å². The van der Waals surface area contributed by atoms with Gasteiger partial charge in [0.05, 0.1) is 30.0 Å². The number of nitrogens with zero attached hydrogens (tertiary/aromatic N) is 3. The number of fused-ring (bicyclic) bond motifs is 2. The van der Waals surface area contributed by atoms with Crippen molar-refractivity contribution < 1.29 is 23.9 Å². The van der Waals surface area contributed by atoms with Crippen LogP contribution in [0.4, 0.5) is 5.69 Å². The highest BCUT2D eigenvalue weighted by molar-refractivity contribution is 7.20. The minimum atomic E-state index is -0.872. The number of anilines is 1. The van der Waals surface area contributed by atoms with E-state index in [0.717, 1.165) is 23.3 Å². The number of aryl methyl sites for hydroxylation is 1. The fourth-order valence-corrected chi connectivity index (χ4v) is 5.80. The summed E-state index contributed by atoms with van der Waals surface area (Å²) < 4.78 is 12.3. The number of benzene rings is 2. The molecule has 0 fully saturated rings. The number of aromatic nitrogens is 2. The summed E-state index contributed by atoms with van der Waals surface area (Å²) in [6, 6.07) is 13.8. The first-order valence-electron chi connectivity index (χ1n) is 13.1. The first kappa shape index (κ1) is 27.3. The predicted molar refractivity (Wildman–Crippen MR) is 153 cm³/mol. The van der Waals surface area contributed by atoms with Gasteiger partial charge < -0.3 is 14.4 Å². The molecule has 0 saturated carbocycles. The molecule has 1 aliphatic rings. The zero-order valence-corrected chi connectivity index (χ0v) is 23.3. The molecule has 40 heavy (non-hydrogen) atoms. The normalized spacial score (nSPS) is 13.6. The maximum absolute atomic E-state index is 13.5. The molecule has 206 valence electrons. The number of ketones is 1. The molecule has 9 nitrogen and oxygen atoms in total. The highest BCUT2D eigenvalue weighted by Crippen LogP contribution is 2.34. The lowest BCUT2D eigenvalue weighted by Crippen LogP contribution is -2.39. The van der Waals surface area contributed by atoms with Crippen LogP contribution < -0.4 is 15.2 Å². The van der Waals surface area contributed by atoms with E-state index in [-0.39, 0.29) is 24.9 Å². The summed E-state index contributed by atoms with van der Waals surface area (Å²) >= 11 is 1.10. The van der Waals surface area contributed by atoms with Gasteiger partial charge in [0.2, 0.25) is 0 Å². The highest BCUT2D eigenvalue weighted by Gasteiger charge is 2.28. The lowest BCUT2D eigenvalue weighted by Gasteiger charge is -2.29. The van der Waals surface area contributed by atoms with Crippen molar-refractivity contribution in [3.8, 4) is 5.75 Å². The van der Waals surface area contributed by atoms with Crippen LogP contribution in [0.25, 0.3) is 10.2 Å². The van der Waals surface area contributed by atoms with Crippen LogP contribution in [-0.4, -0.2) is 47.0 Å². The van der Waals surface area contributed by atoms with E-state index in [1.807, 2.05) is 37.3 Å². The summed E-state index contributed by atoms with van der Waals surface area (Å²) in [6.45, 7) is 5.97. The Morgan fingerprint density at radius 1 is 1.15 bits per heavy atom. The first-order valence-corrected chi connectivity index (χ1v) is 13.9. The monoisotopic (exact) mass is 559 g/mol. The van der Waals surface area contributed by atoms with Crippen molar-refractivity contribution >= 4 is 44.9 Å². The molecule has 0 saturated heterocycles. The number of carbonyl (C=O) groups excluding carboxylic acids is 3. The van der Waals surface area contributed by atoms with Gasteiger partial charge in [-0.2, -0.15) is 0 Å². The minimum absolute atomic E-state index is 0.0413. The molecule has 0 aliphatic carbocycles. The Hall–Kier alpha value is -4.31. The van der Waals surface area contributed by atoms with Gasteiger partial charge in [-0.1, -0.05) is 37.3 Å². The largest absolute Gasteiger partial charge is 0.482 e. The Bertz CT molecular complexity index is 1660. The summed E-state index contributed by atoms with van der Waals surface area (Å²) in [5, 5.41) is 0.292. The molecule has 0 radical (unpaired) electrons. The van der Waals surface area contributed by atoms with Crippen molar-refractivity contribution in [1.29, 1.82) is 0 Å². The van der Waals surface area contributed by atoms with E-state index in [4.69, 9.17) is 9.47 Å². The second-order valence-corrected chi connectivity index (χ2v) is 10.6. The fraction of sp³-hybridized carbons (Fsp3) is 0.300. The van der Waals surface area contributed by atoms with Gasteiger partial charge in [-0.3, -0.25) is 19.0 Å². The summed E-state index contributed by atoms with van der Waals surface area (Å²) in [7, 11) is 0. The number of thiophene rings is 1. The number of rotatable bonds is 9. The molecule has 4 aromatic rings. The topological polar surface area (TPSA) is 108 Å². The van der Waals surface area contributed by atoms with Gasteiger partial charge in [-0.05, 0) is 49.6 Å². The smallest absolute Gasteiger partial charge is 0.348 e. The van der Waals surface area contributed by atoms with Crippen molar-refractivity contribution in [2.75, 3.05) is 24.7 Å². The quantitative estimate of drug-likeness (QED) is 0.215. The van der Waals surface area contributed by atoms with Gasteiger partial charge in [0, 0.05) is 18.5 Å². The second kappa shape index (κ2) is 11.4. The number of hydrogen-bond acceptors (Lipinski definition) is 8. The third-order valence-corrected chi connectivity index (χ3v) is 8.14. The van der Waals surface area contributed by atoms with Crippen molar-refractivity contribution in [3.05, 3.63) is 86.8 Å². The summed E-state index contributed by atoms with van der Waals surface area (Å²) in [4.78, 5) is 59.0. The molecule has 1 amide bonds. The molecule has 0 spiro atoms. The van der Waals surface area contributed by atoms with Crippen LogP contribution in [-0.2, 0) is 16.0 Å². The van der Waals surface area contributed by atoms with Gasteiger partial charge in [0.1, 0.15) is 15.5 Å². The maximum Gasteiger partial charge on any atom is 0.348 e. The predicted octanol–water partition coefficient (Wildman–Crippen LogP) is 4.75. The SMILES string of the molecule is CCCN1C(=O)COc2ccc(C(=O)C(C)n3cnc4sc(C(=O)OCCc5ccccc5)c(C)c4c3=O)cc21. The molecule has 3 heterocycles. The van der Waals surface area contributed by atoms with Gasteiger partial charge >= 0.3 is 5.97 Å². The molecular weight excluding hydrogens is 530 g/mol. The van der Waals surface area contributed by atoms with E-state index in [2.05, 4.69) is 4.98 Å². The third kappa shape index (κ3) is 5.14. The summed E-state index contributed by atoms with van der Waals surface area (Å²) in [6.07, 6.45) is 2.67. The number of amides is 1. The summed E-state index contributed by atoms with van der Waals surface area (Å²) in [5.74, 6) is -0.447. The average molecular weight is 560 g/mol. The van der Waals surface area contributed by atoms with Crippen molar-refractivity contribution in [2.45, 2.75) is 39.7 Å². The van der Waals surface area contributed by atoms with Crippen LogP contribution >= 0.6 is 11.3 Å². The van der Waals surface area contributed by atoms with Crippen LogP contribution in [0.1, 0.15) is 57.5 Å². The van der Waals surface area contributed by atoms with E-state index >= 15 is 0 Å². The Kier molecular flexibility index (Phi) is 7.79. The highest BCUT2D eigenvalue weighted by atomic mass is 32.1. The molecule has 1 atom stereocenters. The Morgan fingerprint density at radius 3 is 2.67 bits per heavy atom. The van der Waals surface area contributed by atoms with E-state index in [1.165, 1.54) is 10.9 Å². The molecular formula is C30H29N3O6S. The third-order valence-electron chi connectivity index (χ3n) is 6.96. The maximum atomic E-state index is 13.5. The Morgan fingerprint density at radius 2 is 1.93 bits per heavy atom. The van der Waals surface area contributed by atoms with Crippen molar-refractivity contribution in [2.24, 2.45) is 0 Å². The van der Waals surface area contributed by atoms with Crippen LogP contribution in [0.15, 0.2) is 59.7 Å². The van der Waals surface area contributed by atoms with E-state index < -0.39 is 17.6 Å². The van der Waals surface area contributed by atoms with Crippen LogP contribution in [0.5, 0.6) is 5.75 Å². The average Bonchev–Trinajstić information content (AvgIpc) is 3.31. The van der Waals surface area contributed by atoms with Crippen LogP contribution in [0, 0.1) is 6.92 Å². The lowest BCUT2D eigenvalue weighted by molar-refractivity contribution is -0.121. The van der Waals surface area contributed by atoms with E-state index in [9.17, 15) is 19.2 Å². The number of Topliss-reactive ketones (excluding diaryl/α,β-unsaturated/α-hetero) is 1. The molecule has 1 aliphatic heterocycles. The molecule has 2 aromatic heterocycles. The van der Waals surface area contributed by atoms with Crippen LogP contribution in [0.3, 0.4) is 0 Å². The van der Waals surface area contributed by atoms with Gasteiger partial charge in [0.25, 0.3) is 11.5 Å². The zero-order valence-electron chi connectivity index (χ0n) is 22.5. The number of esters is 1. The summed E-state index contributed by atoms with van der Waals surface area (Å²) in [5.41, 5.74) is 2.02. The number of carbonyl (C=O) groups is 3. The second-order valence-electron chi connectivity index (χ2n) is 9.62. The van der Waals surface area contributed by atoms with Crippen molar-refractivity contribution in [3.63, 3.8) is 0 Å². The van der Waals surface area contributed by atoms with Gasteiger partial charge in [0.15, 0.2) is 12.4 Å². The molecule has 5 rings (SSSR count). The van der Waals surface area contributed by atoms with E-state index in [1.54, 1.807) is 36.9 Å². The number of hydrogen-bond donors (Lipinski definition) is 0. The minimum Gasteiger partial charge on any atom is -0.482 e. The molecule has 0 N–H and O–H groups in total. The Labute approximate surface area is 235 Å². The van der Waals surface area contributed by atoms with Crippen molar-refractivity contribution in [1.82, 2.24) is 9.55 Å². The molecule has 0 bridgehead atoms. The van der Waals surface area contributed by atoms with Gasteiger partial charge in [-0.15, -0.1) is 11.3 Å². The van der Waals surface area contributed by atoms with Gasteiger partial charge in [-0.25, -0.2) is 9.78 Å². The van der Waals surface area contributed by atoms with Crippen LogP contribution in [0.2, 0.25) is 0 Å². The zero-order chi connectivity index (χ0) is 28.4. The first-order chi connectivity index (χ1) is 19.3. The molecule has 2 aromatic carbocycles. The standard InChI is InChI=1S/C30H29N3O6S/c1-4-13-32-22-15-21(10-11-23(22)39-16-24(32)34)26(35)19(3)33-17-31-28-25(29(33)36)18(2)27(40-28)30(37)38-14-12-20-8-6-5-7-9-20/h5-11,15,17,19H,4,12-14,16H2,1-3H3. The lowest BCUT2D eigenvalue weighted by atomic mass is 10.0.